The van der Waals surface area contributed by atoms with Crippen LogP contribution in [0.15, 0.2) is 28.7 Å². The quantitative estimate of drug-likeness (QED) is 0.911. The average Bonchev–Trinajstić information content (AvgIpc) is 2.75. The van der Waals surface area contributed by atoms with E-state index in [0.717, 1.165) is 31.2 Å². The SMILES string of the molecule is CCN(Cc1cccc(Br)c1)C1CC2CCC(C1)N2. The van der Waals surface area contributed by atoms with Gasteiger partial charge in [0, 0.05) is 29.1 Å². The third kappa shape index (κ3) is 3.21. The van der Waals surface area contributed by atoms with Crippen LogP contribution in [0, 0.1) is 0 Å². The van der Waals surface area contributed by atoms with Crippen LogP contribution in [0.5, 0.6) is 0 Å². The van der Waals surface area contributed by atoms with Crippen LogP contribution in [0.1, 0.15) is 38.2 Å². The van der Waals surface area contributed by atoms with Crippen molar-refractivity contribution in [2.75, 3.05) is 6.54 Å². The van der Waals surface area contributed by atoms with Gasteiger partial charge in [0.1, 0.15) is 0 Å². The Bertz CT molecular complexity index is 423. The first-order valence-corrected chi connectivity index (χ1v) is 8.28. The van der Waals surface area contributed by atoms with Crippen LogP contribution >= 0.6 is 15.9 Å². The molecule has 0 amide bonds. The van der Waals surface area contributed by atoms with E-state index >= 15 is 0 Å². The molecule has 3 heteroatoms. The summed E-state index contributed by atoms with van der Waals surface area (Å²) in [5.74, 6) is 0. The molecule has 2 saturated heterocycles. The summed E-state index contributed by atoms with van der Waals surface area (Å²) in [5.41, 5.74) is 1.42. The molecule has 0 aliphatic carbocycles. The Morgan fingerprint density at radius 3 is 2.63 bits per heavy atom. The van der Waals surface area contributed by atoms with E-state index in [9.17, 15) is 0 Å². The number of fused-ring (bicyclic) bond motifs is 2. The fourth-order valence-electron chi connectivity index (χ4n) is 3.69. The van der Waals surface area contributed by atoms with Gasteiger partial charge in [-0.3, -0.25) is 4.90 Å². The number of hydrogen-bond acceptors (Lipinski definition) is 2. The highest BCUT2D eigenvalue weighted by Gasteiger charge is 2.35. The zero-order chi connectivity index (χ0) is 13.2. The topological polar surface area (TPSA) is 15.3 Å². The van der Waals surface area contributed by atoms with Gasteiger partial charge in [0.2, 0.25) is 0 Å². The Balaban J connectivity index is 1.67. The van der Waals surface area contributed by atoms with Gasteiger partial charge in [-0.05, 0) is 49.9 Å². The summed E-state index contributed by atoms with van der Waals surface area (Å²) in [5, 5.41) is 3.74. The zero-order valence-electron chi connectivity index (χ0n) is 11.6. The molecule has 0 saturated carbocycles. The lowest BCUT2D eigenvalue weighted by atomic mass is 9.97. The molecule has 0 aromatic heterocycles. The molecule has 1 N–H and O–H groups in total. The summed E-state index contributed by atoms with van der Waals surface area (Å²) in [7, 11) is 0. The van der Waals surface area contributed by atoms with Crippen molar-refractivity contribution in [1.82, 2.24) is 10.2 Å². The van der Waals surface area contributed by atoms with Gasteiger partial charge >= 0.3 is 0 Å². The van der Waals surface area contributed by atoms with Crippen LogP contribution in [0.25, 0.3) is 0 Å². The van der Waals surface area contributed by atoms with E-state index in [1.54, 1.807) is 0 Å². The van der Waals surface area contributed by atoms with Gasteiger partial charge in [0.15, 0.2) is 0 Å². The highest BCUT2D eigenvalue weighted by molar-refractivity contribution is 9.10. The Labute approximate surface area is 124 Å². The molecule has 3 rings (SSSR count). The molecular weight excluding hydrogens is 300 g/mol. The highest BCUT2D eigenvalue weighted by atomic mass is 79.9. The van der Waals surface area contributed by atoms with Gasteiger partial charge in [-0.15, -0.1) is 0 Å². The molecule has 19 heavy (non-hydrogen) atoms. The van der Waals surface area contributed by atoms with Crippen molar-refractivity contribution in [2.45, 2.75) is 57.3 Å². The van der Waals surface area contributed by atoms with Gasteiger partial charge in [-0.1, -0.05) is 35.0 Å². The lowest BCUT2D eigenvalue weighted by Gasteiger charge is -2.37. The third-order valence-corrected chi connectivity index (χ3v) is 5.14. The van der Waals surface area contributed by atoms with Crippen molar-refractivity contribution in [3.05, 3.63) is 34.3 Å². The van der Waals surface area contributed by atoms with Crippen LogP contribution in [0.4, 0.5) is 0 Å². The third-order valence-electron chi connectivity index (χ3n) is 4.65. The van der Waals surface area contributed by atoms with Crippen molar-refractivity contribution in [3.8, 4) is 0 Å². The number of nitrogens with zero attached hydrogens (tertiary/aromatic N) is 1. The van der Waals surface area contributed by atoms with Crippen molar-refractivity contribution in [1.29, 1.82) is 0 Å². The second-order valence-corrected chi connectivity index (χ2v) is 6.87. The van der Waals surface area contributed by atoms with Gasteiger partial charge in [0.25, 0.3) is 0 Å². The van der Waals surface area contributed by atoms with Gasteiger partial charge < -0.3 is 5.32 Å². The van der Waals surface area contributed by atoms with Crippen molar-refractivity contribution >= 4 is 15.9 Å². The molecule has 0 radical (unpaired) electrons. The van der Waals surface area contributed by atoms with E-state index in [1.807, 2.05) is 0 Å². The second-order valence-electron chi connectivity index (χ2n) is 5.96. The molecule has 2 fully saturated rings. The maximum absolute atomic E-state index is 3.74. The molecule has 2 bridgehead atoms. The molecule has 2 aliphatic heterocycles. The fraction of sp³-hybridized carbons (Fsp3) is 0.625. The van der Waals surface area contributed by atoms with Crippen LogP contribution in [0.3, 0.4) is 0 Å². The Morgan fingerprint density at radius 2 is 2.00 bits per heavy atom. The molecule has 2 atom stereocenters. The molecule has 2 nitrogen and oxygen atoms in total. The summed E-state index contributed by atoms with van der Waals surface area (Å²) >= 11 is 3.57. The summed E-state index contributed by atoms with van der Waals surface area (Å²) in [6, 6.07) is 11.1. The second kappa shape index (κ2) is 5.94. The Kier molecular flexibility index (Phi) is 4.25. The minimum atomic E-state index is 0.766. The monoisotopic (exact) mass is 322 g/mol. The summed E-state index contributed by atoms with van der Waals surface area (Å²) in [6.07, 6.45) is 5.43. The molecule has 2 heterocycles. The van der Waals surface area contributed by atoms with Crippen molar-refractivity contribution in [3.63, 3.8) is 0 Å². The predicted octanol–water partition coefficient (Wildman–Crippen LogP) is 3.55. The lowest BCUT2D eigenvalue weighted by molar-refractivity contribution is 0.140. The maximum Gasteiger partial charge on any atom is 0.0236 e. The van der Waals surface area contributed by atoms with Crippen LogP contribution < -0.4 is 5.32 Å². The van der Waals surface area contributed by atoms with Crippen LogP contribution in [0.2, 0.25) is 0 Å². The van der Waals surface area contributed by atoms with Crippen molar-refractivity contribution < 1.29 is 0 Å². The number of halogens is 1. The first-order valence-electron chi connectivity index (χ1n) is 7.49. The van der Waals surface area contributed by atoms with E-state index in [0.29, 0.717) is 0 Å². The number of benzene rings is 1. The molecule has 1 aromatic carbocycles. The number of nitrogens with one attached hydrogen (secondary N) is 1. The first-order chi connectivity index (χ1) is 9.24. The van der Waals surface area contributed by atoms with Crippen LogP contribution in [-0.4, -0.2) is 29.6 Å². The van der Waals surface area contributed by atoms with Crippen molar-refractivity contribution in [2.24, 2.45) is 0 Å². The standard InChI is InChI=1S/C16H23BrN2/c1-2-19(11-12-4-3-5-13(17)8-12)16-9-14-6-7-15(10-16)18-14/h3-5,8,14-16,18H,2,6-7,9-11H2,1H3. The summed E-state index contributed by atoms with van der Waals surface area (Å²) in [6.45, 7) is 4.53. The van der Waals surface area contributed by atoms with E-state index < -0.39 is 0 Å². The first kappa shape index (κ1) is 13.6. The van der Waals surface area contributed by atoms with E-state index in [1.165, 1.54) is 35.7 Å². The number of hydrogen-bond donors (Lipinski definition) is 1. The number of piperidine rings is 1. The van der Waals surface area contributed by atoms with Crippen LogP contribution in [-0.2, 0) is 6.54 Å². The number of rotatable bonds is 4. The fourth-order valence-corrected chi connectivity index (χ4v) is 4.14. The summed E-state index contributed by atoms with van der Waals surface area (Å²) in [4.78, 5) is 2.66. The lowest BCUT2D eigenvalue weighted by Crippen LogP contribution is -2.47. The van der Waals surface area contributed by atoms with Gasteiger partial charge in [-0.2, -0.15) is 0 Å². The summed E-state index contributed by atoms with van der Waals surface area (Å²) < 4.78 is 1.19. The predicted molar refractivity (Wildman–Crippen MR) is 83.2 cm³/mol. The molecule has 1 aromatic rings. The molecule has 2 unspecified atom stereocenters. The normalized spacial score (nSPS) is 29.9. The minimum Gasteiger partial charge on any atom is -0.311 e. The molecule has 0 spiro atoms. The smallest absolute Gasteiger partial charge is 0.0236 e. The van der Waals surface area contributed by atoms with Gasteiger partial charge in [0.05, 0.1) is 0 Å². The van der Waals surface area contributed by atoms with Gasteiger partial charge in [-0.25, -0.2) is 0 Å². The Morgan fingerprint density at radius 1 is 1.26 bits per heavy atom. The maximum atomic E-state index is 3.74. The molecular formula is C16H23BrN2. The minimum absolute atomic E-state index is 0.766. The van der Waals surface area contributed by atoms with E-state index in [4.69, 9.17) is 0 Å². The van der Waals surface area contributed by atoms with E-state index in [-0.39, 0.29) is 0 Å². The largest absolute Gasteiger partial charge is 0.311 e. The highest BCUT2D eigenvalue weighted by Crippen LogP contribution is 2.30. The average molecular weight is 323 g/mol. The zero-order valence-corrected chi connectivity index (χ0v) is 13.2. The molecule has 2 aliphatic rings. The molecule has 104 valence electrons. The van der Waals surface area contributed by atoms with E-state index in [2.05, 4.69) is 57.3 Å². The Hall–Kier alpha value is -0.380.